The van der Waals surface area contributed by atoms with Crippen molar-refractivity contribution in [3.05, 3.63) is 35.1 Å². The fraction of sp³-hybridized carbons (Fsp3) is 0.455. The molecule has 1 unspecified atom stereocenters. The molecule has 0 aliphatic carbocycles. The largest absolute Gasteiger partial charge is 0.416 e. The molecule has 2 N–H and O–H groups in total. The summed E-state index contributed by atoms with van der Waals surface area (Å²) in [6, 6.07) is 1.67. The van der Waals surface area contributed by atoms with Crippen molar-refractivity contribution in [3.63, 3.8) is 0 Å². The highest BCUT2D eigenvalue weighted by atomic mass is 19.4. The Hall–Kier alpha value is -1.35. The third kappa shape index (κ3) is 4.97. The van der Waals surface area contributed by atoms with Crippen molar-refractivity contribution >= 4 is 0 Å². The number of alkyl halides is 6. The van der Waals surface area contributed by atoms with E-state index in [1.165, 1.54) is 0 Å². The first kappa shape index (κ1) is 16.7. The SMILES string of the molecule is OC(CNCc1cc(F)cc(C(F)(F)F)c1)C(F)(F)F. The number of nitrogens with one attached hydrogen (secondary N) is 1. The highest BCUT2D eigenvalue weighted by Gasteiger charge is 2.37. The summed E-state index contributed by atoms with van der Waals surface area (Å²) in [5.41, 5.74) is -1.41. The minimum absolute atomic E-state index is 0.174. The highest BCUT2D eigenvalue weighted by Crippen LogP contribution is 2.30. The van der Waals surface area contributed by atoms with E-state index in [9.17, 15) is 30.7 Å². The van der Waals surface area contributed by atoms with E-state index in [2.05, 4.69) is 5.32 Å². The van der Waals surface area contributed by atoms with Crippen LogP contribution in [0.1, 0.15) is 11.1 Å². The Labute approximate surface area is 109 Å². The van der Waals surface area contributed by atoms with Crippen molar-refractivity contribution in [1.82, 2.24) is 5.32 Å². The summed E-state index contributed by atoms with van der Waals surface area (Å²) in [6.45, 7) is -1.34. The Kier molecular flexibility index (Phi) is 4.98. The number of aliphatic hydroxyl groups is 1. The molecule has 0 radical (unpaired) electrons. The van der Waals surface area contributed by atoms with Crippen LogP contribution in [0.4, 0.5) is 30.7 Å². The van der Waals surface area contributed by atoms with Gasteiger partial charge in [0.1, 0.15) is 5.82 Å². The van der Waals surface area contributed by atoms with E-state index in [1.54, 1.807) is 0 Å². The van der Waals surface area contributed by atoms with Gasteiger partial charge in [0.2, 0.25) is 0 Å². The van der Waals surface area contributed by atoms with Crippen LogP contribution in [0.2, 0.25) is 0 Å². The number of rotatable bonds is 4. The predicted octanol–water partition coefficient (Wildman–Crippen LogP) is 2.86. The third-order valence-electron chi connectivity index (χ3n) is 2.33. The van der Waals surface area contributed by atoms with Gasteiger partial charge < -0.3 is 10.4 Å². The van der Waals surface area contributed by atoms with Crippen LogP contribution >= 0.6 is 0 Å². The Balaban J connectivity index is 2.68. The monoisotopic (exact) mass is 305 g/mol. The molecule has 2 nitrogen and oxygen atoms in total. The first-order chi connectivity index (χ1) is 9.00. The lowest BCUT2D eigenvalue weighted by Crippen LogP contribution is -2.38. The lowest BCUT2D eigenvalue weighted by molar-refractivity contribution is -0.201. The van der Waals surface area contributed by atoms with Gasteiger partial charge in [0.05, 0.1) is 5.56 Å². The van der Waals surface area contributed by atoms with Crippen molar-refractivity contribution in [2.24, 2.45) is 0 Å². The summed E-state index contributed by atoms with van der Waals surface area (Å²) in [7, 11) is 0. The summed E-state index contributed by atoms with van der Waals surface area (Å²) in [6.07, 6.45) is -12.2. The molecule has 0 spiro atoms. The van der Waals surface area contributed by atoms with Gasteiger partial charge in [0, 0.05) is 13.1 Å². The van der Waals surface area contributed by atoms with Crippen LogP contribution in [-0.2, 0) is 12.7 Å². The maximum Gasteiger partial charge on any atom is 0.416 e. The molecule has 1 atom stereocenters. The smallest absolute Gasteiger partial charge is 0.382 e. The van der Waals surface area contributed by atoms with Crippen LogP contribution in [-0.4, -0.2) is 23.9 Å². The van der Waals surface area contributed by atoms with Crippen LogP contribution in [0.3, 0.4) is 0 Å². The van der Waals surface area contributed by atoms with Crippen LogP contribution in [0.5, 0.6) is 0 Å². The molecule has 9 heteroatoms. The molecule has 114 valence electrons. The Morgan fingerprint density at radius 2 is 1.65 bits per heavy atom. The Morgan fingerprint density at radius 3 is 2.15 bits per heavy atom. The minimum atomic E-state index is -4.83. The molecule has 1 aromatic carbocycles. The second-order valence-corrected chi connectivity index (χ2v) is 4.03. The molecular weight excluding hydrogens is 295 g/mol. The topological polar surface area (TPSA) is 32.3 Å². The van der Waals surface area contributed by atoms with Crippen LogP contribution in [0, 0.1) is 5.82 Å². The van der Waals surface area contributed by atoms with Crippen molar-refractivity contribution in [2.45, 2.75) is 25.0 Å². The first-order valence-corrected chi connectivity index (χ1v) is 5.32. The van der Waals surface area contributed by atoms with Gasteiger partial charge in [0.15, 0.2) is 6.10 Å². The normalized spacial score (nSPS) is 14.4. The first-order valence-electron chi connectivity index (χ1n) is 5.32. The third-order valence-corrected chi connectivity index (χ3v) is 2.33. The lowest BCUT2D eigenvalue weighted by atomic mass is 10.1. The predicted molar refractivity (Wildman–Crippen MR) is 55.2 cm³/mol. The van der Waals surface area contributed by atoms with Crippen molar-refractivity contribution in [3.8, 4) is 0 Å². The highest BCUT2D eigenvalue weighted by molar-refractivity contribution is 5.26. The van der Waals surface area contributed by atoms with Gasteiger partial charge in [0.25, 0.3) is 0 Å². The standard InChI is InChI=1S/C11H10F7NO/c12-8-2-6(1-7(3-8)10(13,14)15)4-19-5-9(20)11(16,17)18/h1-3,9,19-20H,4-5H2. The fourth-order valence-electron chi connectivity index (χ4n) is 1.39. The van der Waals surface area contributed by atoms with Crippen LogP contribution in [0.25, 0.3) is 0 Å². The van der Waals surface area contributed by atoms with E-state index in [0.29, 0.717) is 6.07 Å². The van der Waals surface area contributed by atoms with Gasteiger partial charge in [-0.2, -0.15) is 26.3 Å². The number of benzene rings is 1. The van der Waals surface area contributed by atoms with Gasteiger partial charge >= 0.3 is 12.4 Å². The average molecular weight is 305 g/mol. The number of aliphatic hydroxyl groups excluding tert-OH is 1. The van der Waals surface area contributed by atoms with Gasteiger partial charge in [-0.1, -0.05) is 0 Å². The van der Waals surface area contributed by atoms with E-state index in [0.717, 1.165) is 6.07 Å². The maximum absolute atomic E-state index is 13.0. The molecule has 0 aliphatic rings. The summed E-state index contributed by atoms with van der Waals surface area (Å²) in [5, 5.41) is 10.8. The van der Waals surface area contributed by atoms with Gasteiger partial charge in [-0.15, -0.1) is 0 Å². The zero-order valence-corrected chi connectivity index (χ0v) is 9.82. The Morgan fingerprint density at radius 1 is 1.05 bits per heavy atom. The van der Waals surface area contributed by atoms with Gasteiger partial charge in [-0.25, -0.2) is 4.39 Å². The molecule has 0 aromatic heterocycles. The number of halogens is 7. The zero-order chi connectivity index (χ0) is 15.6. The second-order valence-electron chi connectivity index (χ2n) is 4.03. The average Bonchev–Trinajstić information content (AvgIpc) is 2.25. The van der Waals surface area contributed by atoms with Gasteiger partial charge in [-0.05, 0) is 23.8 Å². The Bertz CT molecular complexity index is 455. The number of hydrogen-bond donors (Lipinski definition) is 2. The van der Waals surface area contributed by atoms with Crippen LogP contribution < -0.4 is 5.32 Å². The molecule has 0 bridgehead atoms. The molecule has 0 saturated carbocycles. The quantitative estimate of drug-likeness (QED) is 0.839. The van der Waals surface area contributed by atoms with Crippen molar-refractivity contribution in [1.29, 1.82) is 0 Å². The van der Waals surface area contributed by atoms with E-state index >= 15 is 0 Å². The molecule has 0 saturated heterocycles. The molecule has 1 aromatic rings. The van der Waals surface area contributed by atoms with E-state index < -0.39 is 42.9 Å². The summed E-state index contributed by atoms with van der Waals surface area (Å²) < 4.78 is 86.0. The molecule has 0 amide bonds. The summed E-state index contributed by atoms with van der Waals surface area (Å²) in [4.78, 5) is 0. The fourth-order valence-corrected chi connectivity index (χ4v) is 1.39. The zero-order valence-electron chi connectivity index (χ0n) is 9.82. The van der Waals surface area contributed by atoms with E-state index in [4.69, 9.17) is 5.11 Å². The summed E-state index contributed by atoms with van der Waals surface area (Å²) >= 11 is 0. The summed E-state index contributed by atoms with van der Waals surface area (Å²) in [5.74, 6) is -1.15. The van der Waals surface area contributed by atoms with Crippen molar-refractivity contribution < 1.29 is 35.8 Å². The minimum Gasteiger partial charge on any atom is -0.382 e. The molecule has 20 heavy (non-hydrogen) atoms. The maximum atomic E-state index is 13.0. The molecule has 1 rings (SSSR count). The van der Waals surface area contributed by atoms with Gasteiger partial charge in [-0.3, -0.25) is 0 Å². The molecule has 0 fully saturated rings. The second kappa shape index (κ2) is 5.96. The van der Waals surface area contributed by atoms with E-state index in [-0.39, 0.29) is 11.6 Å². The molecular formula is C11H10F7NO. The lowest BCUT2D eigenvalue weighted by Gasteiger charge is -2.15. The molecule has 0 heterocycles. The van der Waals surface area contributed by atoms with Crippen molar-refractivity contribution in [2.75, 3.05) is 6.54 Å². The van der Waals surface area contributed by atoms with E-state index in [1.807, 2.05) is 0 Å². The van der Waals surface area contributed by atoms with Crippen LogP contribution in [0.15, 0.2) is 18.2 Å². The number of hydrogen-bond acceptors (Lipinski definition) is 2. The molecule has 0 aliphatic heterocycles.